The summed E-state index contributed by atoms with van der Waals surface area (Å²) in [6.45, 7) is 1.43. The Morgan fingerprint density at radius 2 is 2.23 bits per heavy atom. The number of aliphatic hydroxyl groups excluding tert-OH is 1. The number of benzene rings is 1. The SMILES string of the molecule is OC(CN1CCCCC1c1ncn[nH]1)c1ccc(Cl)cc1Cl. The minimum Gasteiger partial charge on any atom is -0.387 e. The van der Waals surface area contributed by atoms with E-state index >= 15 is 0 Å². The molecule has 1 aromatic heterocycles. The molecule has 2 aromatic rings. The zero-order chi connectivity index (χ0) is 15.5. The van der Waals surface area contributed by atoms with Gasteiger partial charge in [-0.25, -0.2) is 4.98 Å². The third-order valence-corrected chi connectivity index (χ3v) is 4.65. The second-order valence-electron chi connectivity index (χ2n) is 5.56. The molecule has 1 saturated heterocycles. The Balaban J connectivity index is 1.75. The van der Waals surface area contributed by atoms with E-state index in [-0.39, 0.29) is 6.04 Å². The molecule has 7 heteroatoms. The molecule has 0 amide bonds. The molecule has 0 saturated carbocycles. The highest BCUT2D eigenvalue weighted by Crippen LogP contribution is 2.32. The van der Waals surface area contributed by atoms with E-state index in [1.807, 2.05) is 0 Å². The van der Waals surface area contributed by atoms with Gasteiger partial charge in [-0.3, -0.25) is 10.00 Å². The van der Waals surface area contributed by atoms with Gasteiger partial charge >= 0.3 is 0 Å². The van der Waals surface area contributed by atoms with Gasteiger partial charge in [0.05, 0.1) is 12.1 Å². The first-order chi connectivity index (χ1) is 10.6. The fourth-order valence-electron chi connectivity index (χ4n) is 2.99. The number of halogens is 2. The summed E-state index contributed by atoms with van der Waals surface area (Å²) in [7, 11) is 0. The molecule has 0 spiro atoms. The zero-order valence-electron chi connectivity index (χ0n) is 12.0. The summed E-state index contributed by atoms with van der Waals surface area (Å²) in [4.78, 5) is 6.50. The molecule has 1 aliphatic heterocycles. The maximum Gasteiger partial charge on any atom is 0.141 e. The van der Waals surface area contributed by atoms with Crippen LogP contribution in [0.1, 0.15) is 42.8 Å². The largest absolute Gasteiger partial charge is 0.387 e. The van der Waals surface area contributed by atoms with Crippen LogP contribution in [0.4, 0.5) is 0 Å². The number of H-pyrrole nitrogens is 1. The Bertz CT molecular complexity index is 620. The minimum atomic E-state index is -0.659. The van der Waals surface area contributed by atoms with E-state index in [0.29, 0.717) is 22.2 Å². The normalized spacial score (nSPS) is 21.0. The number of nitrogens with one attached hydrogen (secondary N) is 1. The van der Waals surface area contributed by atoms with Gasteiger partial charge in [-0.05, 0) is 31.5 Å². The van der Waals surface area contributed by atoms with Gasteiger partial charge < -0.3 is 5.11 Å². The Kier molecular flexibility index (Phi) is 4.98. The molecule has 0 aliphatic carbocycles. The van der Waals surface area contributed by atoms with Gasteiger partial charge in [-0.2, -0.15) is 5.10 Å². The maximum atomic E-state index is 10.5. The minimum absolute atomic E-state index is 0.164. The molecule has 2 atom stereocenters. The van der Waals surface area contributed by atoms with Gasteiger partial charge in [-0.15, -0.1) is 0 Å². The first-order valence-electron chi connectivity index (χ1n) is 7.37. The molecule has 2 heterocycles. The molecule has 118 valence electrons. The Hall–Kier alpha value is -1.14. The Morgan fingerprint density at radius 1 is 1.36 bits per heavy atom. The van der Waals surface area contributed by atoms with E-state index in [2.05, 4.69) is 20.1 Å². The number of likely N-dealkylation sites (tertiary alicyclic amines) is 1. The lowest BCUT2D eigenvalue weighted by Crippen LogP contribution is -2.37. The van der Waals surface area contributed by atoms with Gasteiger partial charge in [0.2, 0.25) is 0 Å². The van der Waals surface area contributed by atoms with Gasteiger partial charge in [0.25, 0.3) is 0 Å². The van der Waals surface area contributed by atoms with Crippen molar-refractivity contribution in [2.24, 2.45) is 0 Å². The van der Waals surface area contributed by atoms with Crippen molar-refractivity contribution in [3.63, 3.8) is 0 Å². The average molecular weight is 341 g/mol. The Labute approximate surface area is 139 Å². The van der Waals surface area contributed by atoms with Crippen molar-refractivity contribution < 1.29 is 5.11 Å². The van der Waals surface area contributed by atoms with Crippen molar-refractivity contribution >= 4 is 23.2 Å². The van der Waals surface area contributed by atoms with Crippen LogP contribution >= 0.6 is 23.2 Å². The van der Waals surface area contributed by atoms with Gasteiger partial charge in [0, 0.05) is 22.2 Å². The van der Waals surface area contributed by atoms with Gasteiger partial charge in [0.15, 0.2) is 0 Å². The highest BCUT2D eigenvalue weighted by atomic mass is 35.5. The number of aromatic nitrogens is 3. The number of aliphatic hydroxyl groups is 1. The standard InChI is InChI=1S/C15H18Cl2N4O/c16-10-4-5-11(12(17)7-10)14(22)8-21-6-2-1-3-13(21)15-18-9-19-20-15/h4-5,7,9,13-14,22H,1-3,6,8H2,(H,18,19,20). The fourth-order valence-corrected chi connectivity index (χ4v) is 3.52. The van der Waals surface area contributed by atoms with Crippen LogP contribution in [0.5, 0.6) is 0 Å². The molecular formula is C15H18Cl2N4O. The van der Waals surface area contributed by atoms with Crippen molar-refractivity contribution in [1.82, 2.24) is 20.1 Å². The number of aromatic amines is 1. The summed E-state index contributed by atoms with van der Waals surface area (Å²) in [5.41, 5.74) is 0.702. The summed E-state index contributed by atoms with van der Waals surface area (Å²) in [6.07, 6.45) is 4.14. The van der Waals surface area contributed by atoms with Crippen LogP contribution in [0, 0.1) is 0 Å². The lowest BCUT2D eigenvalue weighted by atomic mass is 10.00. The molecule has 5 nitrogen and oxygen atoms in total. The fraction of sp³-hybridized carbons (Fsp3) is 0.467. The number of hydrogen-bond acceptors (Lipinski definition) is 4. The van der Waals surface area contributed by atoms with Crippen molar-refractivity contribution in [3.05, 3.63) is 46.0 Å². The molecule has 0 radical (unpaired) electrons. The predicted octanol–water partition coefficient (Wildman–Crippen LogP) is 3.37. The van der Waals surface area contributed by atoms with Gasteiger partial charge in [0.1, 0.15) is 12.2 Å². The lowest BCUT2D eigenvalue weighted by Gasteiger charge is -2.35. The van der Waals surface area contributed by atoms with Crippen LogP contribution < -0.4 is 0 Å². The van der Waals surface area contributed by atoms with Crippen LogP contribution in [-0.2, 0) is 0 Å². The second kappa shape index (κ2) is 6.96. The van der Waals surface area contributed by atoms with Crippen LogP contribution in [0.3, 0.4) is 0 Å². The summed E-state index contributed by atoms with van der Waals surface area (Å²) in [6, 6.07) is 5.35. The van der Waals surface area contributed by atoms with E-state index in [0.717, 1.165) is 31.6 Å². The number of β-amino-alcohol motifs (C(OH)–C–C–N with tert-alkyl or cyclic N) is 1. The van der Waals surface area contributed by atoms with E-state index in [9.17, 15) is 5.11 Å². The molecular weight excluding hydrogens is 323 g/mol. The van der Waals surface area contributed by atoms with E-state index in [1.54, 1.807) is 18.2 Å². The van der Waals surface area contributed by atoms with Crippen molar-refractivity contribution in [2.45, 2.75) is 31.4 Å². The smallest absolute Gasteiger partial charge is 0.141 e. The predicted molar refractivity (Wildman–Crippen MR) is 86.0 cm³/mol. The molecule has 22 heavy (non-hydrogen) atoms. The molecule has 1 fully saturated rings. The van der Waals surface area contributed by atoms with Gasteiger partial charge in [-0.1, -0.05) is 35.7 Å². The summed E-state index contributed by atoms with van der Waals surface area (Å²) in [5, 5.41) is 18.5. The molecule has 2 unspecified atom stereocenters. The second-order valence-corrected chi connectivity index (χ2v) is 6.40. The highest BCUT2D eigenvalue weighted by molar-refractivity contribution is 6.35. The van der Waals surface area contributed by atoms with E-state index in [1.165, 1.54) is 6.33 Å². The lowest BCUT2D eigenvalue weighted by molar-refractivity contribution is 0.0638. The molecule has 0 bridgehead atoms. The quantitative estimate of drug-likeness (QED) is 0.895. The highest BCUT2D eigenvalue weighted by Gasteiger charge is 2.28. The first-order valence-corrected chi connectivity index (χ1v) is 8.13. The third-order valence-electron chi connectivity index (χ3n) is 4.09. The van der Waals surface area contributed by atoms with Crippen molar-refractivity contribution in [1.29, 1.82) is 0 Å². The van der Waals surface area contributed by atoms with E-state index in [4.69, 9.17) is 23.2 Å². The summed E-state index contributed by atoms with van der Waals surface area (Å²) < 4.78 is 0. The van der Waals surface area contributed by atoms with Crippen LogP contribution in [-0.4, -0.2) is 38.3 Å². The molecule has 1 aromatic carbocycles. The number of nitrogens with zero attached hydrogens (tertiary/aromatic N) is 3. The first kappa shape index (κ1) is 15.7. The molecule has 3 rings (SSSR count). The number of piperidine rings is 1. The van der Waals surface area contributed by atoms with Crippen LogP contribution in [0.15, 0.2) is 24.5 Å². The van der Waals surface area contributed by atoms with Crippen molar-refractivity contribution in [2.75, 3.05) is 13.1 Å². The van der Waals surface area contributed by atoms with Crippen LogP contribution in [0.2, 0.25) is 10.0 Å². The Morgan fingerprint density at radius 3 is 2.95 bits per heavy atom. The number of hydrogen-bond donors (Lipinski definition) is 2. The van der Waals surface area contributed by atoms with Crippen molar-refractivity contribution in [3.8, 4) is 0 Å². The number of rotatable bonds is 4. The maximum absolute atomic E-state index is 10.5. The summed E-state index contributed by atoms with van der Waals surface area (Å²) >= 11 is 12.1. The van der Waals surface area contributed by atoms with Crippen LogP contribution in [0.25, 0.3) is 0 Å². The summed E-state index contributed by atoms with van der Waals surface area (Å²) in [5.74, 6) is 0.856. The monoisotopic (exact) mass is 340 g/mol. The molecule has 1 aliphatic rings. The third kappa shape index (κ3) is 3.43. The zero-order valence-corrected chi connectivity index (χ0v) is 13.6. The average Bonchev–Trinajstić information content (AvgIpc) is 3.01. The topological polar surface area (TPSA) is 65.0 Å². The molecule has 2 N–H and O–H groups in total. The van der Waals surface area contributed by atoms with E-state index < -0.39 is 6.10 Å².